The Morgan fingerprint density at radius 3 is 2.79 bits per heavy atom. The zero-order valence-electron chi connectivity index (χ0n) is 16.8. The Hall–Kier alpha value is -2.84. The number of carbonyl (C=O) groups excluding carboxylic acids is 2. The summed E-state index contributed by atoms with van der Waals surface area (Å²) in [5, 5.41) is 14.5. The molecule has 0 fully saturated rings. The van der Waals surface area contributed by atoms with Crippen molar-refractivity contribution in [2.45, 2.75) is 59.4 Å². The highest BCUT2D eigenvalue weighted by Crippen LogP contribution is 2.16. The highest BCUT2D eigenvalue weighted by molar-refractivity contribution is 5.78. The summed E-state index contributed by atoms with van der Waals surface area (Å²) >= 11 is 0. The van der Waals surface area contributed by atoms with Crippen LogP contribution in [0.25, 0.3) is 0 Å². The summed E-state index contributed by atoms with van der Waals surface area (Å²) in [6, 6.07) is 3.67. The summed E-state index contributed by atoms with van der Waals surface area (Å²) in [4.78, 5) is 26.2. The summed E-state index contributed by atoms with van der Waals surface area (Å²) in [6.07, 6.45) is 4.45. The molecule has 9 heteroatoms. The fraction of sp³-hybridized carbons (Fsp3) is 0.579. The average molecular weight is 387 g/mol. The average Bonchev–Trinajstić information content (AvgIpc) is 3.32. The highest BCUT2D eigenvalue weighted by Gasteiger charge is 2.23. The number of rotatable bonds is 7. The molecule has 152 valence electrons. The third kappa shape index (κ3) is 5.11. The van der Waals surface area contributed by atoms with Gasteiger partial charge in [-0.1, -0.05) is 13.8 Å². The van der Waals surface area contributed by atoms with Gasteiger partial charge >= 0.3 is 6.03 Å². The summed E-state index contributed by atoms with van der Waals surface area (Å²) in [5.74, 6) is 0.158. The number of hydrogen-bond acceptors (Lipinski definition) is 4. The van der Waals surface area contributed by atoms with Crippen LogP contribution in [0.15, 0.2) is 24.5 Å². The van der Waals surface area contributed by atoms with E-state index in [9.17, 15) is 9.59 Å². The number of carbonyl (C=O) groups is 2. The summed E-state index contributed by atoms with van der Waals surface area (Å²) in [5.41, 5.74) is 1.80. The maximum atomic E-state index is 12.2. The Morgan fingerprint density at radius 1 is 1.25 bits per heavy atom. The first kappa shape index (κ1) is 19.9. The number of aromatic nitrogens is 4. The molecule has 3 rings (SSSR count). The van der Waals surface area contributed by atoms with E-state index in [1.807, 2.05) is 53.4 Å². The van der Waals surface area contributed by atoms with Gasteiger partial charge in [0.1, 0.15) is 0 Å². The van der Waals surface area contributed by atoms with Crippen LogP contribution in [0.3, 0.4) is 0 Å². The Kier molecular flexibility index (Phi) is 6.33. The van der Waals surface area contributed by atoms with Crippen molar-refractivity contribution in [1.82, 2.24) is 35.1 Å². The Balaban J connectivity index is 1.44. The number of hydrogen-bond donors (Lipinski definition) is 2. The molecule has 0 radical (unpaired) electrons. The fourth-order valence-electron chi connectivity index (χ4n) is 3.24. The third-order valence-electron chi connectivity index (χ3n) is 4.81. The van der Waals surface area contributed by atoms with Gasteiger partial charge in [-0.25, -0.2) is 4.79 Å². The minimum atomic E-state index is -0.212. The van der Waals surface area contributed by atoms with Gasteiger partial charge in [-0.2, -0.15) is 10.2 Å². The molecule has 9 nitrogen and oxygen atoms in total. The molecule has 1 unspecified atom stereocenters. The Morgan fingerprint density at radius 2 is 2.07 bits per heavy atom. The molecule has 3 amide bonds. The smallest absolute Gasteiger partial charge is 0.315 e. The normalized spacial score (nSPS) is 14.6. The molecular weight excluding hydrogens is 358 g/mol. The van der Waals surface area contributed by atoms with E-state index >= 15 is 0 Å². The zero-order chi connectivity index (χ0) is 20.1. The van der Waals surface area contributed by atoms with Gasteiger partial charge in [0.25, 0.3) is 0 Å². The molecule has 0 saturated carbocycles. The monoisotopic (exact) mass is 387 g/mol. The van der Waals surface area contributed by atoms with Crippen LogP contribution in [0.5, 0.6) is 0 Å². The molecule has 0 aliphatic carbocycles. The molecule has 28 heavy (non-hydrogen) atoms. The lowest BCUT2D eigenvalue weighted by Crippen LogP contribution is -2.41. The van der Waals surface area contributed by atoms with E-state index in [0.717, 1.165) is 24.4 Å². The second-order valence-corrected chi connectivity index (χ2v) is 7.55. The van der Waals surface area contributed by atoms with Crippen molar-refractivity contribution in [3.63, 3.8) is 0 Å². The van der Waals surface area contributed by atoms with Crippen molar-refractivity contribution in [2.24, 2.45) is 5.92 Å². The quantitative estimate of drug-likeness (QED) is 0.750. The van der Waals surface area contributed by atoms with Crippen LogP contribution < -0.4 is 10.6 Å². The lowest BCUT2D eigenvalue weighted by molar-refractivity contribution is -0.136. The number of nitrogens with zero attached hydrogens (tertiary/aromatic N) is 5. The maximum Gasteiger partial charge on any atom is 0.315 e. The summed E-state index contributed by atoms with van der Waals surface area (Å²) in [7, 11) is 0. The first-order valence-corrected chi connectivity index (χ1v) is 9.78. The molecular formula is C19H29N7O2. The standard InChI is InChI=1S/C19H29N7O2/c1-14(2)18(27)24-9-10-26-17(13-24)11-16(23-26)12-20-19(28)22-15(3)5-8-25-7-4-6-21-25/h4,6-7,11,14-15H,5,8-10,12-13H2,1-3H3,(H2,20,22,28). The number of fused-ring (bicyclic) bond motifs is 1. The predicted molar refractivity (Wildman–Crippen MR) is 104 cm³/mol. The third-order valence-corrected chi connectivity index (χ3v) is 4.81. The molecule has 2 N–H and O–H groups in total. The van der Waals surface area contributed by atoms with Crippen LogP contribution in [0, 0.1) is 5.92 Å². The topological polar surface area (TPSA) is 97.1 Å². The molecule has 2 aromatic rings. The van der Waals surface area contributed by atoms with Crippen LogP contribution >= 0.6 is 0 Å². The minimum Gasteiger partial charge on any atom is -0.336 e. The van der Waals surface area contributed by atoms with Crippen molar-refractivity contribution in [3.8, 4) is 0 Å². The molecule has 1 aliphatic rings. The number of urea groups is 1. The van der Waals surface area contributed by atoms with E-state index in [2.05, 4.69) is 20.8 Å². The van der Waals surface area contributed by atoms with Crippen molar-refractivity contribution in [2.75, 3.05) is 6.54 Å². The van der Waals surface area contributed by atoms with Gasteiger partial charge in [0.05, 0.1) is 31.0 Å². The van der Waals surface area contributed by atoms with Gasteiger partial charge in [0.15, 0.2) is 0 Å². The van der Waals surface area contributed by atoms with E-state index in [-0.39, 0.29) is 23.9 Å². The van der Waals surface area contributed by atoms with Crippen molar-refractivity contribution < 1.29 is 9.59 Å². The van der Waals surface area contributed by atoms with Crippen LogP contribution in [-0.4, -0.2) is 49.0 Å². The Labute approximate surface area is 165 Å². The predicted octanol–water partition coefficient (Wildman–Crippen LogP) is 1.36. The van der Waals surface area contributed by atoms with Crippen LogP contribution in [0.4, 0.5) is 4.79 Å². The van der Waals surface area contributed by atoms with Crippen LogP contribution in [0.2, 0.25) is 0 Å². The molecule has 1 atom stereocenters. The van der Waals surface area contributed by atoms with Crippen LogP contribution in [0.1, 0.15) is 38.6 Å². The SMILES string of the molecule is CC(CCn1cccn1)NC(=O)NCc1cc2n(n1)CCN(C(=O)C(C)C)C2. The van der Waals surface area contributed by atoms with Crippen molar-refractivity contribution in [3.05, 3.63) is 35.9 Å². The highest BCUT2D eigenvalue weighted by atomic mass is 16.2. The molecule has 1 aliphatic heterocycles. The van der Waals surface area contributed by atoms with E-state index in [1.54, 1.807) is 6.20 Å². The van der Waals surface area contributed by atoms with Gasteiger partial charge in [0.2, 0.25) is 5.91 Å². The van der Waals surface area contributed by atoms with E-state index in [1.165, 1.54) is 0 Å². The minimum absolute atomic E-state index is 0.00501. The fourth-order valence-corrected chi connectivity index (χ4v) is 3.24. The zero-order valence-corrected chi connectivity index (χ0v) is 16.8. The maximum absolute atomic E-state index is 12.2. The second-order valence-electron chi connectivity index (χ2n) is 7.55. The molecule has 0 spiro atoms. The number of aryl methyl sites for hydroxylation is 1. The summed E-state index contributed by atoms with van der Waals surface area (Å²) in [6.45, 7) is 8.84. The van der Waals surface area contributed by atoms with Crippen molar-refractivity contribution >= 4 is 11.9 Å². The molecule has 0 aromatic carbocycles. The van der Waals surface area contributed by atoms with Gasteiger partial charge in [-0.05, 0) is 25.5 Å². The first-order chi connectivity index (χ1) is 13.4. The van der Waals surface area contributed by atoms with Crippen LogP contribution in [-0.2, 0) is 31.0 Å². The molecule has 2 aromatic heterocycles. The van der Waals surface area contributed by atoms with E-state index < -0.39 is 0 Å². The van der Waals surface area contributed by atoms with Gasteiger partial charge in [0, 0.05) is 37.4 Å². The summed E-state index contributed by atoms with van der Waals surface area (Å²) < 4.78 is 3.77. The second kappa shape index (κ2) is 8.90. The van der Waals surface area contributed by atoms with Gasteiger partial charge in [-0.3, -0.25) is 14.2 Å². The molecule has 0 bridgehead atoms. The number of nitrogens with one attached hydrogen (secondary N) is 2. The Bertz CT molecular complexity index is 797. The first-order valence-electron chi connectivity index (χ1n) is 9.78. The lowest BCUT2D eigenvalue weighted by atomic mass is 10.1. The molecule has 0 saturated heterocycles. The van der Waals surface area contributed by atoms with E-state index in [0.29, 0.717) is 26.2 Å². The van der Waals surface area contributed by atoms with E-state index in [4.69, 9.17) is 0 Å². The van der Waals surface area contributed by atoms with Gasteiger partial charge < -0.3 is 15.5 Å². The lowest BCUT2D eigenvalue weighted by Gasteiger charge is -2.29. The number of amides is 3. The molecule has 3 heterocycles. The van der Waals surface area contributed by atoms with Crippen molar-refractivity contribution in [1.29, 1.82) is 0 Å². The largest absolute Gasteiger partial charge is 0.336 e. The van der Waals surface area contributed by atoms with Gasteiger partial charge in [-0.15, -0.1) is 0 Å².